The molecule has 0 fully saturated rings. The number of aryl methyl sites for hydroxylation is 1. The second kappa shape index (κ2) is 4.28. The van der Waals surface area contributed by atoms with Crippen LogP contribution in [0.5, 0.6) is 0 Å². The predicted octanol–water partition coefficient (Wildman–Crippen LogP) is 2.39. The van der Waals surface area contributed by atoms with E-state index in [1.807, 2.05) is 22.6 Å². The molecule has 1 heterocycles. The maximum absolute atomic E-state index is 12.4. The van der Waals surface area contributed by atoms with Gasteiger partial charge in [0.2, 0.25) is 0 Å². The van der Waals surface area contributed by atoms with E-state index in [1.165, 1.54) is 0 Å². The van der Waals surface area contributed by atoms with Crippen molar-refractivity contribution in [2.24, 2.45) is 5.73 Å². The molecular weight excluding hydrogens is 289 g/mol. The van der Waals surface area contributed by atoms with Gasteiger partial charge in [-0.15, -0.1) is 0 Å². The molecule has 0 saturated carbocycles. The molecule has 5 heteroatoms. The zero-order chi connectivity index (χ0) is 10.0. The lowest BCUT2D eigenvalue weighted by Gasteiger charge is -2.08. The van der Waals surface area contributed by atoms with Crippen LogP contribution >= 0.6 is 22.6 Å². The zero-order valence-corrected chi connectivity index (χ0v) is 9.18. The summed E-state index contributed by atoms with van der Waals surface area (Å²) in [4.78, 5) is 3.77. The molecule has 2 N–H and O–H groups in total. The molecule has 1 rings (SSSR count). The molecule has 0 saturated heterocycles. The van der Waals surface area contributed by atoms with Crippen molar-refractivity contribution in [2.45, 2.75) is 19.9 Å². The smallest absolute Gasteiger partial charge is 0.281 e. The van der Waals surface area contributed by atoms with Crippen LogP contribution in [-0.4, -0.2) is 4.98 Å². The Bertz CT molecular complexity index is 315. The van der Waals surface area contributed by atoms with Gasteiger partial charge in [-0.2, -0.15) is 0 Å². The topological polar surface area (TPSA) is 38.9 Å². The third kappa shape index (κ3) is 2.34. The highest BCUT2D eigenvalue weighted by Crippen LogP contribution is 2.25. The normalized spacial score (nSPS) is 10.9. The minimum atomic E-state index is -2.53. The van der Waals surface area contributed by atoms with Crippen LogP contribution in [0.2, 0.25) is 0 Å². The maximum Gasteiger partial charge on any atom is 0.281 e. The van der Waals surface area contributed by atoms with E-state index in [0.717, 1.165) is 5.56 Å². The van der Waals surface area contributed by atoms with Gasteiger partial charge in [-0.05, 0) is 41.1 Å². The summed E-state index contributed by atoms with van der Waals surface area (Å²) >= 11 is 1.85. The van der Waals surface area contributed by atoms with Crippen molar-refractivity contribution >= 4 is 22.6 Å². The predicted molar refractivity (Wildman–Crippen MR) is 54.5 cm³/mol. The maximum atomic E-state index is 12.4. The summed E-state index contributed by atoms with van der Waals surface area (Å²) < 4.78 is 25.3. The Morgan fingerprint density at radius 2 is 2.23 bits per heavy atom. The first-order valence-corrected chi connectivity index (χ1v) is 4.78. The van der Waals surface area contributed by atoms with E-state index in [2.05, 4.69) is 4.98 Å². The first-order chi connectivity index (χ1) is 6.06. The van der Waals surface area contributed by atoms with Crippen LogP contribution in [0.1, 0.15) is 23.4 Å². The number of aromatic nitrogens is 1. The summed E-state index contributed by atoms with van der Waals surface area (Å²) in [6.45, 7) is 1.95. The molecule has 72 valence electrons. The molecule has 13 heavy (non-hydrogen) atoms. The van der Waals surface area contributed by atoms with E-state index in [4.69, 9.17) is 5.73 Å². The van der Waals surface area contributed by atoms with Crippen LogP contribution in [0.4, 0.5) is 8.78 Å². The molecule has 0 aliphatic rings. The molecule has 0 aliphatic heterocycles. The molecule has 1 aromatic heterocycles. The van der Waals surface area contributed by atoms with E-state index in [0.29, 0.717) is 9.26 Å². The van der Waals surface area contributed by atoms with Crippen molar-refractivity contribution < 1.29 is 8.78 Å². The molecule has 0 unspecified atom stereocenters. The Balaban J connectivity index is 3.27. The van der Waals surface area contributed by atoms with Crippen LogP contribution in [0, 0.1) is 10.5 Å². The van der Waals surface area contributed by atoms with E-state index in [-0.39, 0.29) is 12.2 Å². The number of nitrogens with zero attached hydrogens (tertiary/aromatic N) is 1. The summed E-state index contributed by atoms with van der Waals surface area (Å²) in [6, 6.07) is 1.73. The van der Waals surface area contributed by atoms with Crippen LogP contribution in [0.15, 0.2) is 6.07 Å². The van der Waals surface area contributed by atoms with Crippen LogP contribution < -0.4 is 5.73 Å². The number of halogens is 3. The third-order valence-corrected chi connectivity index (χ3v) is 2.86. The minimum absolute atomic E-state index is 0.166. The molecule has 0 amide bonds. The summed E-state index contributed by atoms with van der Waals surface area (Å²) in [6.07, 6.45) is -2.53. The number of hydrogen-bond acceptors (Lipinski definition) is 2. The summed E-state index contributed by atoms with van der Waals surface area (Å²) in [5.41, 5.74) is 6.55. The van der Waals surface area contributed by atoms with Gasteiger partial charge >= 0.3 is 0 Å². The van der Waals surface area contributed by atoms with Crippen LogP contribution in [0.25, 0.3) is 0 Å². The Morgan fingerprint density at radius 1 is 1.62 bits per heavy atom. The van der Waals surface area contributed by atoms with E-state index in [9.17, 15) is 8.78 Å². The number of hydrogen-bond donors (Lipinski definition) is 1. The lowest BCUT2D eigenvalue weighted by atomic mass is 10.2. The minimum Gasteiger partial charge on any atom is -0.326 e. The third-order valence-electron chi connectivity index (χ3n) is 1.61. The van der Waals surface area contributed by atoms with Gasteiger partial charge in [-0.25, -0.2) is 8.78 Å². The summed E-state index contributed by atoms with van der Waals surface area (Å²) in [7, 11) is 0. The van der Waals surface area contributed by atoms with Crippen molar-refractivity contribution in [3.63, 3.8) is 0 Å². The molecule has 0 spiro atoms. The monoisotopic (exact) mass is 298 g/mol. The van der Waals surface area contributed by atoms with Crippen molar-refractivity contribution in [1.29, 1.82) is 0 Å². The van der Waals surface area contributed by atoms with E-state index >= 15 is 0 Å². The molecule has 0 atom stereocenters. The van der Waals surface area contributed by atoms with Gasteiger partial charge in [-0.1, -0.05) is 0 Å². The Morgan fingerprint density at radius 3 is 2.69 bits per heavy atom. The lowest BCUT2D eigenvalue weighted by Crippen LogP contribution is -2.06. The molecule has 0 aromatic carbocycles. The second-order valence-electron chi connectivity index (χ2n) is 2.63. The standard InChI is InChI=1S/C8H9F2IN2/c1-4-2-5(3-12)6(11)7(13-4)8(9)10/h2,8H,3,12H2,1H3. The van der Waals surface area contributed by atoms with Crippen molar-refractivity contribution in [2.75, 3.05) is 0 Å². The lowest BCUT2D eigenvalue weighted by molar-refractivity contribution is 0.144. The molecule has 1 aromatic rings. The quantitative estimate of drug-likeness (QED) is 0.852. The molecule has 0 bridgehead atoms. The van der Waals surface area contributed by atoms with Crippen molar-refractivity contribution in [1.82, 2.24) is 4.98 Å². The first-order valence-electron chi connectivity index (χ1n) is 3.70. The summed E-state index contributed by atoms with van der Waals surface area (Å²) in [5, 5.41) is 0. The number of pyridine rings is 1. The second-order valence-corrected chi connectivity index (χ2v) is 3.71. The zero-order valence-electron chi connectivity index (χ0n) is 7.02. The number of nitrogens with two attached hydrogens (primary N) is 1. The molecule has 0 radical (unpaired) electrons. The fourth-order valence-electron chi connectivity index (χ4n) is 1.04. The average Bonchev–Trinajstić information content (AvgIpc) is 2.08. The first kappa shape index (κ1) is 10.8. The fourth-order valence-corrected chi connectivity index (χ4v) is 1.78. The van der Waals surface area contributed by atoms with Crippen LogP contribution in [0.3, 0.4) is 0 Å². The van der Waals surface area contributed by atoms with Gasteiger partial charge in [0.15, 0.2) is 0 Å². The highest BCUT2D eigenvalue weighted by atomic mass is 127. The fraction of sp³-hybridized carbons (Fsp3) is 0.375. The van der Waals surface area contributed by atoms with Gasteiger partial charge in [-0.3, -0.25) is 4.98 Å². The van der Waals surface area contributed by atoms with Gasteiger partial charge in [0.25, 0.3) is 6.43 Å². The van der Waals surface area contributed by atoms with Crippen LogP contribution in [-0.2, 0) is 6.54 Å². The van der Waals surface area contributed by atoms with E-state index in [1.54, 1.807) is 13.0 Å². The van der Waals surface area contributed by atoms with Crippen molar-refractivity contribution in [3.05, 3.63) is 26.6 Å². The molecule has 2 nitrogen and oxygen atoms in total. The van der Waals surface area contributed by atoms with E-state index < -0.39 is 6.43 Å². The largest absolute Gasteiger partial charge is 0.326 e. The molecular formula is C8H9F2IN2. The highest BCUT2D eigenvalue weighted by molar-refractivity contribution is 14.1. The van der Waals surface area contributed by atoms with Gasteiger partial charge in [0.1, 0.15) is 5.69 Å². The van der Waals surface area contributed by atoms with Gasteiger partial charge in [0.05, 0.1) is 0 Å². The highest BCUT2D eigenvalue weighted by Gasteiger charge is 2.16. The molecule has 0 aliphatic carbocycles. The van der Waals surface area contributed by atoms with Gasteiger partial charge in [0, 0.05) is 15.8 Å². The Labute approximate surface area is 88.7 Å². The average molecular weight is 298 g/mol. The number of alkyl halides is 2. The number of rotatable bonds is 2. The van der Waals surface area contributed by atoms with Crippen molar-refractivity contribution in [3.8, 4) is 0 Å². The van der Waals surface area contributed by atoms with Gasteiger partial charge < -0.3 is 5.73 Å². The SMILES string of the molecule is Cc1cc(CN)c(I)c(C(F)F)n1. The summed E-state index contributed by atoms with van der Waals surface area (Å²) in [5.74, 6) is 0. The Hall–Kier alpha value is -0.300. The Kier molecular flexibility index (Phi) is 3.55.